The van der Waals surface area contributed by atoms with Gasteiger partial charge in [-0.1, -0.05) is 94.4 Å². The fourth-order valence-corrected chi connectivity index (χ4v) is 8.63. The summed E-state index contributed by atoms with van der Waals surface area (Å²) in [7, 11) is 0. The SMILES string of the molecule is CCC1(CC)Cc2ccc(-c3cc4c5c(c3)c3ccccc3n5-c3ccccc3C4(C)C)cc2-c2c3ccccc3cc[n+]21. The third-order valence-corrected chi connectivity index (χ3v) is 11.2. The van der Waals surface area contributed by atoms with E-state index in [2.05, 4.69) is 152 Å². The van der Waals surface area contributed by atoms with Gasteiger partial charge in [0.15, 0.2) is 11.7 Å². The maximum absolute atomic E-state index is 2.61. The summed E-state index contributed by atoms with van der Waals surface area (Å²) in [4.78, 5) is 0. The normalized spacial score (nSPS) is 15.7. The first-order valence-corrected chi connectivity index (χ1v) is 16.2. The Labute approximate surface area is 259 Å². The van der Waals surface area contributed by atoms with Crippen LogP contribution in [0.1, 0.15) is 57.2 Å². The average molecular weight is 570 g/mol. The number of hydrogen-bond acceptors (Lipinski definition) is 0. The van der Waals surface area contributed by atoms with Gasteiger partial charge in [0.1, 0.15) is 0 Å². The van der Waals surface area contributed by atoms with Crippen LogP contribution in [0.3, 0.4) is 0 Å². The molecule has 214 valence electrons. The Kier molecular flexibility index (Phi) is 5.23. The third kappa shape index (κ3) is 3.24. The molecule has 0 fully saturated rings. The maximum Gasteiger partial charge on any atom is 0.221 e. The molecule has 0 bridgehead atoms. The van der Waals surface area contributed by atoms with E-state index in [1.807, 2.05) is 0 Å². The minimum absolute atomic E-state index is 0.0935. The van der Waals surface area contributed by atoms with Crippen molar-refractivity contribution in [3.05, 3.63) is 132 Å². The van der Waals surface area contributed by atoms with E-state index < -0.39 is 0 Å². The second-order valence-corrected chi connectivity index (χ2v) is 13.5. The molecule has 2 aliphatic heterocycles. The van der Waals surface area contributed by atoms with Crippen LogP contribution in [0, 0.1) is 0 Å². The van der Waals surface area contributed by atoms with Crippen LogP contribution in [-0.4, -0.2) is 4.57 Å². The zero-order chi connectivity index (χ0) is 29.8. The standard InChI is InChI=1S/C42H37N2/c1-5-42(6-2)26-29-20-19-28(23-33(29)39-31-14-8-7-13-27(31)21-22-43(39)42)30-24-34-32-15-9-11-17-37(32)44-38-18-12-10-16-35(38)41(3,4)36(25-30)40(34)44/h7-25H,5-6,26H2,1-4H3/q+1. The van der Waals surface area contributed by atoms with E-state index in [9.17, 15) is 0 Å². The van der Waals surface area contributed by atoms with Crippen LogP contribution in [0.25, 0.3) is 60.6 Å². The van der Waals surface area contributed by atoms with Gasteiger partial charge in [0, 0.05) is 41.5 Å². The molecular weight excluding hydrogens is 532 g/mol. The molecule has 5 aromatic carbocycles. The summed E-state index contributed by atoms with van der Waals surface area (Å²) < 4.78 is 5.12. The van der Waals surface area contributed by atoms with Crippen molar-refractivity contribution >= 4 is 32.6 Å². The second kappa shape index (κ2) is 8.92. The van der Waals surface area contributed by atoms with Crippen LogP contribution >= 0.6 is 0 Å². The van der Waals surface area contributed by atoms with Gasteiger partial charge in [-0.2, -0.15) is 4.57 Å². The molecule has 0 amide bonds. The molecule has 4 heterocycles. The molecule has 0 spiro atoms. The van der Waals surface area contributed by atoms with Crippen LogP contribution in [-0.2, 0) is 17.4 Å². The molecule has 0 saturated carbocycles. The maximum atomic E-state index is 2.61. The first-order valence-electron chi connectivity index (χ1n) is 16.2. The highest BCUT2D eigenvalue weighted by Gasteiger charge is 2.44. The van der Waals surface area contributed by atoms with Gasteiger partial charge in [0.25, 0.3) is 0 Å². The molecule has 2 nitrogen and oxygen atoms in total. The number of nitrogens with zero attached hydrogens (tertiary/aromatic N) is 2. The molecule has 7 aromatic rings. The average Bonchev–Trinajstić information content (AvgIpc) is 3.41. The monoisotopic (exact) mass is 569 g/mol. The minimum Gasteiger partial charge on any atom is -0.309 e. The lowest BCUT2D eigenvalue weighted by atomic mass is 9.73. The number of aromatic nitrogens is 2. The Hall–Kier alpha value is -4.69. The van der Waals surface area contributed by atoms with Gasteiger partial charge < -0.3 is 4.57 Å². The highest BCUT2D eigenvalue weighted by atomic mass is 15.1. The van der Waals surface area contributed by atoms with Crippen molar-refractivity contribution in [3.63, 3.8) is 0 Å². The Balaban J connectivity index is 1.34. The molecule has 0 N–H and O–H groups in total. The molecule has 0 aliphatic carbocycles. The lowest BCUT2D eigenvalue weighted by molar-refractivity contribution is -0.757. The summed E-state index contributed by atoms with van der Waals surface area (Å²) in [6, 6.07) is 41.3. The highest BCUT2D eigenvalue weighted by molar-refractivity contribution is 6.13. The predicted molar refractivity (Wildman–Crippen MR) is 184 cm³/mol. The van der Waals surface area contributed by atoms with Crippen LogP contribution in [0.4, 0.5) is 0 Å². The fraction of sp³-hybridized carbons (Fsp3) is 0.214. The van der Waals surface area contributed by atoms with Gasteiger partial charge in [-0.25, -0.2) is 0 Å². The summed E-state index contributed by atoms with van der Waals surface area (Å²) in [5, 5.41) is 5.30. The summed E-state index contributed by atoms with van der Waals surface area (Å²) in [6.45, 7) is 9.50. The van der Waals surface area contributed by atoms with Crippen LogP contribution in [0.5, 0.6) is 0 Å². The van der Waals surface area contributed by atoms with Crippen molar-refractivity contribution in [1.82, 2.24) is 4.57 Å². The van der Waals surface area contributed by atoms with Gasteiger partial charge in [-0.05, 0) is 69.6 Å². The zero-order valence-electron chi connectivity index (χ0n) is 26.0. The minimum atomic E-state index is -0.121. The highest BCUT2D eigenvalue weighted by Crippen LogP contribution is 2.49. The van der Waals surface area contributed by atoms with Crippen LogP contribution in [0.2, 0.25) is 0 Å². The quantitative estimate of drug-likeness (QED) is 0.187. The van der Waals surface area contributed by atoms with E-state index in [4.69, 9.17) is 0 Å². The number of benzene rings is 5. The Morgan fingerprint density at radius 3 is 2.27 bits per heavy atom. The number of fused-ring (bicyclic) bond motifs is 10. The first kappa shape index (κ1) is 25.8. The lowest BCUT2D eigenvalue weighted by Gasteiger charge is -2.35. The molecule has 2 heteroatoms. The zero-order valence-corrected chi connectivity index (χ0v) is 26.0. The molecule has 0 atom stereocenters. The smallest absolute Gasteiger partial charge is 0.221 e. The summed E-state index contributed by atoms with van der Waals surface area (Å²) in [5.74, 6) is 0. The van der Waals surface area contributed by atoms with Gasteiger partial charge in [-0.15, -0.1) is 0 Å². The van der Waals surface area contributed by atoms with Gasteiger partial charge in [0.2, 0.25) is 5.69 Å². The van der Waals surface area contributed by atoms with E-state index >= 15 is 0 Å². The van der Waals surface area contributed by atoms with E-state index in [1.54, 1.807) is 0 Å². The number of hydrogen-bond donors (Lipinski definition) is 0. The van der Waals surface area contributed by atoms with Crippen molar-refractivity contribution in [2.75, 3.05) is 0 Å². The molecule has 9 rings (SSSR count). The van der Waals surface area contributed by atoms with Crippen molar-refractivity contribution in [2.24, 2.45) is 0 Å². The van der Waals surface area contributed by atoms with Crippen LogP contribution < -0.4 is 4.57 Å². The van der Waals surface area contributed by atoms with E-state index in [0.29, 0.717) is 0 Å². The van der Waals surface area contributed by atoms with Gasteiger partial charge >= 0.3 is 0 Å². The molecule has 0 unspecified atom stereocenters. The van der Waals surface area contributed by atoms with E-state index in [1.165, 1.54) is 77.3 Å². The Bertz CT molecular complexity index is 2310. The summed E-state index contributed by atoms with van der Waals surface area (Å²) in [5.41, 5.74) is 13.4. The van der Waals surface area contributed by atoms with Crippen molar-refractivity contribution in [1.29, 1.82) is 0 Å². The predicted octanol–water partition coefficient (Wildman–Crippen LogP) is 10.3. The Morgan fingerprint density at radius 1 is 0.682 bits per heavy atom. The Morgan fingerprint density at radius 2 is 1.43 bits per heavy atom. The topological polar surface area (TPSA) is 8.81 Å². The largest absolute Gasteiger partial charge is 0.309 e. The number of rotatable bonds is 3. The number of para-hydroxylation sites is 2. The van der Waals surface area contributed by atoms with Crippen LogP contribution in [0.15, 0.2) is 115 Å². The van der Waals surface area contributed by atoms with E-state index in [-0.39, 0.29) is 11.0 Å². The van der Waals surface area contributed by atoms with Gasteiger partial charge in [0.05, 0.1) is 27.7 Å². The lowest BCUT2D eigenvalue weighted by Crippen LogP contribution is -2.60. The van der Waals surface area contributed by atoms with E-state index in [0.717, 1.165) is 19.3 Å². The number of pyridine rings is 1. The first-order chi connectivity index (χ1) is 21.4. The molecular formula is C42H37N2+. The summed E-state index contributed by atoms with van der Waals surface area (Å²) >= 11 is 0. The molecule has 0 radical (unpaired) electrons. The third-order valence-electron chi connectivity index (χ3n) is 11.2. The van der Waals surface area contributed by atoms with Crippen molar-refractivity contribution in [3.8, 4) is 28.1 Å². The van der Waals surface area contributed by atoms with Crippen molar-refractivity contribution < 1.29 is 4.57 Å². The summed E-state index contributed by atoms with van der Waals surface area (Å²) in [6.07, 6.45) is 5.64. The fourth-order valence-electron chi connectivity index (χ4n) is 8.63. The van der Waals surface area contributed by atoms with Gasteiger partial charge in [-0.3, -0.25) is 0 Å². The molecule has 0 saturated heterocycles. The second-order valence-electron chi connectivity index (χ2n) is 13.5. The van der Waals surface area contributed by atoms with Crippen molar-refractivity contribution in [2.45, 2.75) is 57.9 Å². The molecule has 2 aliphatic rings. The molecule has 44 heavy (non-hydrogen) atoms. The molecule has 2 aromatic heterocycles.